The van der Waals surface area contributed by atoms with E-state index < -0.39 is 11.4 Å². The molecule has 4 rings (SSSR count). The van der Waals surface area contributed by atoms with E-state index in [1.165, 1.54) is 11.9 Å². The molecule has 5 heteroatoms. The van der Waals surface area contributed by atoms with E-state index in [-0.39, 0.29) is 0 Å². The molecular weight excluding hydrogens is 380 g/mol. The van der Waals surface area contributed by atoms with Gasteiger partial charge in [0.1, 0.15) is 0 Å². The first-order chi connectivity index (χ1) is 13.9. The Kier molecular flexibility index (Phi) is 4.92. The molecule has 0 bridgehead atoms. The predicted octanol–water partition coefficient (Wildman–Crippen LogP) is 5.33. The van der Waals surface area contributed by atoms with Gasteiger partial charge in [-0.25, -0.2) is 4.40 Å². The third-order valence-electron chi connectivity index (χ3n) is 5.47. The molecule has 2 aliphatic rings. The molecule has 3 N–H and O–H groups in total. The van der Waals surface area contributed by atoms with Crippen LogP contribution in [0.25, 0.3) is 16.0 Å². The number of hydrogen-bond acceptors (Lipinski definition) is 4. The first kappa shape index (κ1) is 19.3. The van der Waals surface area contributed by atoms with Crippen LogP contribution in [0.4, 0.5) is 0 Å². The van der Waals surface area contributed by atoms with Gasteiger partial charge in [0, 0.05) is 17.7 Å². The van der Waals surface area contributed by atoms with E-state index in [0.29, 0.717) is 18.5 Å². The van der Waals surface area contributed by atoms with Crippen LogP contribution in [0.1, 0.15) is 30.9 Å². The zero-order chi connectivity index (χ0) is 20.6. The maximum atomic E-state index is 11.5. The molecule has 2 aromatic carbocycles. The Morgan fingerprint density at radius 3 is 2.14 bits per heavy atom. The summed E-state index contributed by atoms with van der Waals surface area (Å²) in [6, 6.07) is 16.0. The number of rotatable bonds is 4. The molecule has 0 spiro atoms. The van der Waals surface area contributed by atoms with Crippen molar-refractivity contribution in [3.8, 4) is 11.1 Å². The van der Waals surface area contributed by atoms with E-state index in [9.17, 15) is 9.90 Å². The van der Waals surface area contributed by atoms with Crippen molar-refractivity contribution >= 4 is 28.5 Å². The molecule has 1 aliphatic heterocycles. The summed E-state index contributed by atoms with van der Waals surface area (Å²) < 4.78 is 4.48. The first-order valence-corrected chi connectivity index (χ1v) is 10.2. The number of hydrogen-bond donors (Lipinski definition) is 2. The minimum absolute atomic E-state index is 0.628. The van der Waals surface area contributed by atoms with Crippen molar-refractivity contribution in [2.24, 2.45) is 10.1 Å². The summed E-state index contributed by atoms with van der Waals surface area (Å²) in [4.78, 5) is 12.4. The van der Waals surface area contributed by atoms with Crippen LogP contribution in [0.5, 0.6) is 0 Å². The quantitative estimate of drug-likeness (QED) is 0.678. The standard InChI is InChI=1S/C24H22N2O2S/c1-15-3-4-16(2)26-29-22(21(15)25)19-7-5-17(6-8-19)18-9-11-20(12-10-18)24(13-14-24)23(27)28/h3-12H,1,13-14,25H2,2H3,(H,27,28)/b4-3-,22-21?,26-16?. The van der Waals surface area contributed by atoms with Crippen molar-refractivity contribution in [1.82, 2.24) is 0 Å². The van der Waals surface area contributed by atoms with Crippen molar-refractivity contribution < 1.29 is 9.90 Å². The summed E-state index contributed by atoms with van der Waals surface area (Å²) in [5, 5.41) is 9.46. The Morgan fingerprint density at radius 1 is 1.03 bits per heavy atom. The number of aliphatic carboxylic acids is 1. The number of nitrogens with two attached hydrogens (primary N) is 1. The minimum atomic E-state index is -0.730. The number of benzene rings is 2. The zero-order valence-electron chi connectivity index (χ0n) is 16.2. The Labute approximate surface area is 174 Å². The smallest absolute Gasteiger partial charge is 0.314 e. The SMILES string of the molecule is C=C1/C=C\C(C)=NSC(c2ccc(-c3ccc(C4(C(=O)O)CC4)cc3)cc2)=C1N. The topological polar surface area (TPSA) is 75.7 Å². The van der Waals surface area contributed by atoms with Crippen LogP contribution >= 0.6 is 11.9 Å². The highest BCUT2D eigenvalue weighted by atomic mass is 32.2. The van der Waals surface area contributed by atoms with E-state index >= 15 is 0 Å². The Hall–Kier alpha value is -3.05. The summed E-state index contributed by atoms with van der Waals surface area (Å²) >= 11 is 1.36. The van der Waals surface area contributed by atoms with Gasteiger partial charge in [-0.2, -0.15) is 0 Å². The summed E-state index contributed by atoms with van der Waals surface area (Å²) in [6.07, 6.45) is 5.22. The lowest BCUT2D eigenvalue weighted by Gasteiger charge is -2.13. The molecule has 1 heterocycles. The van der Waals surface area contributed by atoms with Crippen LogP contribution in [0, 0.1) is 0 Å². The molecule has 4 nitrogen and oxygen atoms in total. The maximum Gasteiger partial charge on any atom is 0.314 e. The summed E-state index contributed by atoms with van der Waals surface area (Å²) in [7, 11) is 0. The molecule has 146 valence electrons. The minimum Gasteiger partial charge on any atom is -0.481 e. The first-order valence-electron chi connectivity index (χ1n) is 9.44. The monoisotopic (exact) mass is 402 g/mol. The summed E-state index contributed by atoms with van der Waals surface area (Å²) in [6.45, 7) is 5.98. The largest absolute Gasteiger partial charge is 0.481 e. The highest BCUT2D eigenvalue weighted by molar-refractivity contribution is 8.07. The molecule has 0 unspecified atom stereocenters. The Morgan fingerprint density at radius 2 is 1.59 bits per heavy atom. The molecule has 2 aromatic rings. The summed E-state index contributed by atoms with van der Waals surface area (Å²) in [5.74, 6) is -0.730. The molecule has 1 fully saturated rings. The van der Waals surface area contributed by atoms with Crippen LogP contribution in [0.2, 0.25) is 0 Å². The van der Waals surface area contributed by atoms with Gasteiger partial charge in [0.25, 0.3) is 0 Å². The number of nitrogens with zero attached hydrogens (tertiary/aromatic N) is 1. The van der Waals surface area contributed by atoms with Crippen molar-refractivity contribution in [2.45, 2.75) is 25.2 Å². The van der Waals surface area contributed by atoms with Gasteiger partial charge in [0.15, 0.2) is 0 Å². The van der Waals surface area contributed by atoms with Crippen molar-refractivity contribution in [3.05, 3.63) is 89.7 Å². The molecular formula is C24H22N2O2S. The number of carboxylic acids is 1. The molecule has 1 saturated carbocycles. The van der Waals surface area contributed by atoms with E-state index in [1.807, 2.05) is 67.6 Å². The highest BCUT2D eigenvalue weighted by Gasteiger charge is 2.51. The van der Waals surface area contributed by atoms with E-state index in [1.54, 1.807) is 0 Å². The zero-order valence-corrected chi connectivity index (χ0v) is 17.0. The van der Waals surface area contributed by atoms with Crippen LogP contribution < -0.4 is 5.73 Å². The second kappa shape index (κ2) is 7.41. The average molecular weight is 403 g/mol. The lowest BCUT2D eigenvalue weighted by molar-refractivity contribution is -0.140. The van der Waals surface area contributed by atoms with Crippen LogP contribution in [-0.2, 0) is 10.2 Å². The lowest BCUT2D eigenvalue weighted by Crippen LogP contribution is -2.19. The highest BCUT2D eigenvalue weighted by Crippen LogP contribution is 2.48. The van der Waals surface area contributed by atoms with Crippen molar-refractivity contribution in [1.29, 1.82) is 0 Å². The van der Waals surface area contributed by atoms with Gasteiger partial charge in [-0.05, 0) is 53.7 Å². The van der Waals surface area contributed by atoms with Gasteiger partial charge in [-0.15, -0.1) is 0 Å². The van der Waals surface area contributed by atoms with E-state index in [4.69, 9.17) is 5.73 Å². The number of carbonyl (C=O) groups is 1. The van der Waals surface area contributed by atoms with Gasteiger partial charge in [0.2, 0.25) is 0 Å². The van der Waals surface area contributed by atoms with Crippen LogP contribution in [-0.4, -0.2) is 16.8 Å². The molecule has 0 aromatic heterocycles. The fraction of sp³-hybridized carbons (Fsp3) is 0.167. The van der Waals surface area contributed by atoms with Gasteiger partial charge in [-0.1, -0.05) is 61.2 Å². The average Bonchev–Trinajstić information content (AvgIpc) is 3.54. The fourth-order valence-electron chi connectivity index (χ4n) is 3.41. The Bertz CT molecular complexity index is 1070. The summed E-state index contributed by atoms with van der Waals surface area (Å²) in [5.41, 5.74) is 11.9. The van der Waals surface area contributed by atoms with E-state index in [0.717, 1.165) is 38.4 Å². The molecule has 29 heavy (non-hydrogen) atoms. The van der Waals surface area contributed by atoms with Gasteiger partial charge in [0.05, 0.1) is 16.0 Å². The maximum absolute atomic E-state index is 11.5. The Balaban J connectivity index is 1.60. The lowest BCUT2D eigenvalue weighted by atomic mass is 9.93. The number of allylic oxidation sites excluding steroid dienone is 2. The van der Waals surface area contributed by atoms with Crippen LogP contribution in [0.15, 0.2) is 82.9 Å². The van der Waals surface area contributed by atoms with Gasteiger partial charge in [-0.3, -0.25) is 4.79 Å². The third kappa shape index (κ3) is 3.66. The third-order valence-corrected chi connectivity index (χ3v) is 6.49. The van der Waals surface area contributed by atoms with Crippen LogP contribution in [0.3, 0.4) is 0 Å². The van der Waals surface area contributed by atoms with Crippen molar-refractivity contribution in [2.75, 3.05) is 0 Å². The molecule has 1 aliphatic carbocycles. The molecule has 0 amide bonds. The second-order valence-corrected chi connectivity index (χ2v) is 8.24. The predicted molar refractivity (Wildman–Crippen MR) is 121 cm³/mol. The second-order valence-electron chi connectivity index (χ2n) is 7.47. The molecule has 0 atom stereocenters. The molecule has 0 saturated heterocycles. The van der Waals surface area contributed by atoms with E-state index in [2.05, 4.69) is 11.0 Å². The van der Waals surface area contributed by atoms with Gasteiger partial charge >= 0.3 is 5.97 Å². The van der Waals surface area contributed by atoms with Gasteiger partial charge < -0.3 is 10.8 Å². The molecule has 0 radical (unpaired) electrons. The fourth-order valence-corrected chi connectivity index (χ4v) is 4.18. The van der Waals surface area contributed by atoms with Crippen molar-refractivity contribution in [3.63, 3.8) is 0 Å². The normalized spacial score (nSPS) is 19.2. The number of carboxylic acid groups (broad SMARTS) is 1.